The molecule has 0 unspecified atom stereocenters. The first kappa shape index (κ1) is 11.1. The molecular weight excluding hydrogens is 248 g/mol. The van der Waals surface area contributed by atoms with Gasteiger partial charge in [0.05, 0.1) is 23.8 Å². The molecule has 4 rings (SSSR count). The van der Waals surface area contributed by atoms with Gasteiger partial charge in [0, 0.05) is 24.2 Å². The maximum atomic E-state index is 4.46. The zero-order valence-corrected chi connectivity index (χ0v) is 10.8. The zero-order chi connectivity index (χ0) is 13.4. The topological polar surface area (TPSA) is 43.1 Å². The van der Waals surface area contributed by atoms with Gasteiger partial charge in [-0.3, -0.25) is 14.4 Å². The van der Waals surface area contributed by atoms with E-state index in [1.54, 1.807) is 12.4 Å². The molecule has 0 saturated heterocycles. The molecule has 4 heteroatoms. The third kappa shape index (κ3) is 1.73. The van der Waals surface area contributed by atoms with E-state index in [1.807, 2.05) is 30.7 Å². The van der Waals surface area contributed by atoms with Crippen LogP contribution in [0.4, 0.5) is 0 Å². The van der Waals surface area contributed by atoms with Gasteiger partial charge in [-0.15, -0.1) is 0 Å². The van der Waals surface area contributed by atoms with Crippen LogP contribution in [0.25, 0.3) is 22.5 Å². The average Bonchev–Trinajstić information content (AvgIpc) is 3.16. The van der Waals surface area contributed by atoms with Gasteiger partial charge >= 0.3 is 0 Å². The highest BCUT2D eigenvalue weighted by Gasteiger charge is 2.10. The van der Waals surface area contributed by atoms with Crippen molar-refractivity contribution in [3.8, 4) is 11.3 Å². The van der Waals surface area contributed by atoms with Crippen LogP contribution in [-0.4, -0.2) is 19.4 Å². The maximum absolute atomic E-state index is 4.46. The maximum Gasteiger partial charge on any atom is 0.155 e. The van der Waals surface area contributed by atoms with E-state index in [0.717, 1.165) is 29.0 Å². The summed E-state index contributed by atoms with van der Waals surface area (Å²) in [5, 5.41) is 0. The quantitative estimate of drug-likeness (QED) is 0.711. The molecule has 3 aromatic rings. The van der Waals surface area contributed by atoms with Gasteiger partial charge in [-0.25, -0.2) is 4.98 Å². The number of imidazole rings is 1. The number of pyridine rings is 1. The van der Waals surface area contributed by atoms with Gasteiger partial charge in [0.15, 0.2) is 5.65 Å². The van der Waals surface area contributed by atoms with Crippen molar-refractivity contribution in [2.75, 3.05) is 0 Å². The highest BCUT2D eigenvalue weighted by molar-refractivity contribution is 5.76. The molecule has 20 heavy (non-hydrogen) atoms. The van der Waals surface area contributed by atoms with E-state index in [9.17, 15) is 0 Å². The molecule has 0 radical (unpaired) electrons. The van der Waals surface area contributed by atoms with Crippen LogP contribution < -0.4 is 0 Å². The lowest BCUT2D eigenvalue weighted by molar-refractivity contribution is 1.11. The predicted octanol–water partition coefficient (Wildman–Crippen LogP) is 3.13. The summed E-state index contributed by atoms with van der Waals surface area (Å²) in [6, 6.07) is 3.92. The number of hydrogen-bond donors (Lipinski definition) is 0. The number of aromatic nitrogens is 4. The van der Waals surface area contributed by atoms with Gasteiger partial charge in [-0.05, 0) is 24.1 Å². The molecule has 0 atom stereocenters. The molecular formula is C16H12N4. The summed E-state index contributed by atoms with van der Waals surface area (Å²) in [4.78, 5) is 13.0. The van der Waals surface area contributed by atoms with Gasteiger partial charge in [0.2, 0.25) is 0 Å². The van der Waals surface area contributed by atoms with Crippen LogP contribution in [0.3, 0.4) is 0 Å². The van der Waals surface area contributed by atoms with E-state index in [1.165, 1.54) is 5.57 Å². The van der Waals surface area contributed by atoms with Crippen LogP contribution in [0.1, 0.15) is 12.1 Å². The van der Waals surface area contributed by atoms with E-state index in [0.29, 0.717) is 0 Å². The van der Waals surface area contributed by atoms with E-state index in [-0.39, 0.29) is 0 Å². The Balaban J connectivity index is 1.90. The van der Waals surface area contributed by atoms with E-state index < -0.39 is 0 Å². The van der Waals surface area contributed by atoms with Crippen molar-refractivity contribution < 1.29 is 0 Å². The monoisotopic (exact) mass is 260 g/mol. The Morgan fingerprint density at radius 2 is 2.10 bits per heavy atom. The fraction of sp³-hybridized carbons (Fsp3) is 0.0625. The standard InChI is InChI=1S/C16H12N4/c1-2-5-12(4-1)15-9-19-16-10-18-14(11-20(15)16)13-6-3-7-17-8-13/h1,3-11H,2H2. The second kappa shape index (κ2) is 4.42. The molecule has 96 valence electrons. The second-order valence-electron chi connectivity index (χ2n) is 4.68. The molecule has 3 aromatic heterocycles. The lowest BCUT2D eigenvalue weighted by Crippen LogP contribution is -1.94. The second-order valence-corrected chi connectivity index (χ2v) is 4.68. The van der Waals surface area contributed by atoms with Crippen LogP contribution in [0.15, 0.2) is 61.3 Å². The summed E-state index contributed by atoms with van der Waals surface area (Å²) in [6.07, 6.45) is 16.8. The molecule has 3 heterocycles. The van der Waals surface area contributed by atoms with Crippen LogP contribution in [0.2, 0.25) is 0 Å². The fourth-order valence-electron chi connectivity index (χ4n) is 2.41. The Bertz CT molecular complexity index is 828. The van der Waals surface area contributed by atoms with Crippen molar-refractivity contribution in [2.24, 2.45) is 0 Å². The van der Waals surface area contributed by atoms with Gasteiger partial charge in [0.1, 0.15) is 0 Å². The van der Waals surface area contributed by atoms with Gasteiger partial charge in [-0.1, -0.05) is 18.2 Å². The normalized spacial score (nSPS) is 13.9. The minimum atomic E-state index is 0.855. The van der Waals surface area contributed by atoms with Gasteiger partial charge in [0.25, 0.3) is 0 Å². The van der Waals surface area contributed by atoms with E-state index in [2.05, 4.69) is 37.6 Å². The molecule has 0 aliphatic heterocycles. The third-order valence-electron chi connectivity index (χ3n) is 3.42. The Labute approximate surface area is 116 Å². The minimum absolute atomic E-state index is 0.855. The van der Waals surface area contributed by atoms with Crippen molar-refractivity contribution in [1.29, 1.82) is 0 Å². The van der Waals surface area contributed by atoms with Crippen LogP contribution in [-0.2, 0) is 0 Å². The minimum Gasteiger partial charge on any atom is -0.296 e. The zero-order valence-electron chi connectivity index (χ0n) is 10.8. The SMILES string of the molecule is C1=CC(c2cnc3cnc(-c4cccnc4)cn23)=CC1. The summed E-state index contributed by atoms with van der Waals surface area (Å²) in [6.45, 7) is 0. The molecule has 1 aliphatic rings. The van der Waals surface area contributed by atoms with Gasteiger partial charge < -0.3 is 0 Å². The first-order valence-corrected chi connectivity index (χ1v) is 6.52. The number of rotatable bonds is 2. The number of allylic oxidation sites excluding steroid dienone is 4. The first-order chi connectivity index (χ1) is 9.92. The molecule has 0 spiro atoms. The average molecular weight is 260 g/mol. The summed E-state index contributed by atoms with van der Waals surface area (Å²) in [5.41, 5.74) is 5.06. The van der Waals surface area contributed by atoms with Crippen molar-refractivity contribution in [2.45, 2.75) is 6.42 Å². The molecule has 0 amide bonds. The lowest BCUT2D eigenvalue weighted by atomic mass is 10.2. The molecule has 0 fully saturated rings. The Morgan fingerprint density at radius 1 is 1.10 bits per heavy atom. The van der Waals surface area contributed by atoms with Crippen LogP contribution in [0.5, 0.6) is 0 Å². The Kier molecular flexibility index (Phi) is 2.45. The van der Waals surface area contributed by atoms with E-state index in [4.69, 9.17) is 0 Å². The summed E-state index contributed by atoms with van der Waals surface area (Å²) in [7, 11) is 0. The Hall–Kier alpha value is -2.75. The number of nitrogens with zero attached hydrogens (tertiary/aromatic N) is 4. The highest BCUT2D eigenvalue weighted by Crippen LogP contribution is 2.24. The van der Waals surface area contributed by atoms with Crippen LogP contribution >= 0.6 is 0 Å². The molecule has 0 bridgehead atoms. The molecule has 0 N–H and O–H groups in total. The molecule has 1 aliphatic carbocycles. The van der Waals surface area contributed by atoms with Gasteiger partial charge in [-0.2, -0.15) is 0 Å². The fourth-order valence-corrected chi connectivity index (χ4v) is 2.41. The molecule has 0 saturated carbocycles. The van der Waals surface area contributed by atoms with Crippen molar-refractivity contribution in [1.82, 2.24) is 19.4 Å². The van der Waals surface area contributed by atoms with Crippen molar-refractivity contribution >= 4 is 11.2 Å². The van der Waals surface area contributed by atoms with E-state index >= 15 is 0 Å². The molecule has 4 nitrogen and oxygen atoms in total. The largest absolute Gasteiger partial charge is 0.296 e. The lowest BCUT2D eigenvalue weighted by Gasteiger charge is -2.04. The van der Waals surface area contributed by atoms with Crippen molar-refractivity contribution in [3.63, 3.8) is 0 Å². The summed E-state index contributed by atoms with van der Waals surface area (Å²) in [5.74, 6) is 0. The smallest absolute Gasteiger partial charge is 0.155 e. The predicted molar refractivity (Wildman–Crippen MR) is 78.0 cm³/mol. The highest BCUT2D eigenvalue weighted by atomic mass is 15.0. The Morgan fingerprint density at radius 3 is 2.90 bits per heavy atom. The van der Waals surface area contributed by atoms with Crippen LogP contribution in [0, 0.1) is 0 Å². The van der Waals surface area contributed by atoms with Crippen molar-refractivity contribution in [3.05, 3.63) is 67.0 Å². The number of fused-ring (bicyclic) bond motifs is 1. The third-order valence-corrected chi connectivity index (χ3v) is 3.42. The summed E-state index contributed by atoms with van der Waals surface area (Å²) >= 11 is 0. The number of hydrogen-bond acceptors (Lipinski definition) is 3. The molecule has 0 aromatic carbocycles. The summed E-state index contributed by atoms with van der Waals surface area (Å²) < 4.78 is 2.08. The first-order valence-electron chi connectivity index (χ1n) is 6.52.